The van der Waals surface area contributed by atoms with Gasteiger partial charge in [-0.25, -0.2) is 0 Å². The summed E-state index contributed by atoms with van der Waals surface area (Å²) in [6, 6.07) is 0.824. The summed E-state index contributed by atoms with van der Waals surface area (Å²) in [5.41, 5.74) is 0. The van der Waals surface area contributed by atoms with Gasteiger partial charge in [0, 0.05) is 12.6 Å². The molecule has 0 spiro atoms. The van der Waals surface area contributed by atoms with Crippen molar-refractivity contribution in [2.45, 2.75) is 26.3 Å². The first-order chi connectivity index (χ1) is 3.70. The molecule has 0 aromatic carbocycles. The molecule has 0 aromatic heterocycles. The van der Waals surface area contributed by atoms with Gasteiger partial charge in [0.15, 0.2) is 0 Å². The average Bonchev–Trinajstić information content (AvgIpc) is 1.85. The van der Waals surface area contributed by atoms with Crippen LogP contribution >= 0.6 is 0 Å². The second-order valence-corrected chi connectivity index (χ2v) is 3.13. The summed E-state index contributed by atoms with van der Waals surface area (Å²) in [6.07, 6.45) is 1.39. The molecule has 48 valence electrons. The van der Waals surface area contributed by atoms with Crippen LogP contribution in [0.3, 0.4) is 0 Å². The number of nitrogens with zero attached hydrogens (tertiary/aromatic N) is 1. The van der Waals surface area contributed by atoms with E-state index in [-0.39, 0.29) is 0 Å². The van der Waals surface area contributed by atoms with Gasteiger partial charge in [-0.2, -0.15) is 0 Å². The maximum atomic E-state index is 2.42. The van der Waals surface area contributed by atoms with Crippen LogP contribution in [-0.2, 0) is 0 Å². The minimum Gasteiger partial charge on any atom is -0.303 e. The van der Waals surface area contributed by atoms with Crippen molar-refractivity contribution in [1.29, 1.82) is 0 Å². The number of hydrogen-bond donors (Lipinski definition) is 0. The molecule has 1 heterocycles. The SMILES string of the molecule is C[C@H]1C[C@H](C)N(C)C1. The van der Waals surface area contributed by atoms with Crippen LogP contribution in [0.5, 0.6) is 0 Å². The van der Waals surface area contributed by atoms with Crippen molar-refractivity contribution in [3.63, 3.8) is 0 Å². The first-order valence-corrected chi connectivity index (χ1v) is 3.40. The van der Waals surface area contributed by atoms with Gasteiger partial charge in [-0.05, 0) is 26.3 Å². The Morgan fingerprint density at radius 3 is 2.12 bits per heavy atom. The molecule has 1 aliphatic rings. The molecule has 0 N–H and O–H groups in total. The van der Waals surface area contributed by atoms with E-state index in [1.54, 1.807) is 0 Å². The molecule has 1 saturated heterocycles. The Hall–Kier alpha value is -0.0400. The number of rotatable bonds is 0. The Morgan fingerprint density at radius 1 is 1.38 bits per heavy atom. The summed E-state index contributed by atoms with van der Waals surface area (Å²) >= 11 is 0. The molecule has 0 saturated carbocycles. The molecule has 0 aliphatic carbocycles. The fourth-order valence-electron chi connectivity index (χ4n) is 1.51. The van der Waals surface area contributed by atoms with E-state index < -0.39 is 0 Å². The quantitative estimate of drug-likeness (QED) is 0.458. The van der Waals surface area contributed by atoms with E-state index in [4.69, 9.17) is 0 Å². The predicted octanol–water partition coefficient (Wildman–Crippen LogP) is 1.35. The lowest BCUT2D eigenvalue weighted by molar-refractivity contribution is 0.327. The standard InChI is InChI=1S/C7H15N/c1-6-4-7(2)8(3)5-6/h6-7H,4-5H2,1-3H3/t6-,7-/m0/s1. The number of hydrogen-bond acceptors (Lipinski definition) is 1. The summed E-state index contributed by atoms with van der Waals surface area (Å²) in [4.78, 5) is 2.42. The first kappa shape index (κ1) is 6.09. The van der Waals surface area contributed by atoms with E-state index in [9.17, 15) is 0 Å². The maximum Gasteiger partial charge on any atom is 0.00670 e. The zero-order valence-electron chi connectivity index (χ0n) is 6.02. The lowest BCUT2D eigenvalue weighted by Gasteiger charge is -2.12. The molecule has 0 amide bonds. The van der Waals surface area contributed by atoms with E-state index >= 15 is 0 Å². The fourth-order valence-corrected chi connectivity index (χ4v) is 1.51. The first-order valence-electron chi connectivity index (χ1n) is 3.40. The molecule has 0 radical (unpaired) electrons. The van der Waals surface area contributed by atoms with Gasteiger partial charge in [-0.3, -0.25) is 0 Å². The molecule has 0 bridgehead atoms. The van der Waals surface area contributed by atoms with E-state index in [0.717, 1.165) is 12.0 Å². The van der Waals surface area contributed by atoms with Crippen LogP contribution in [-0.4, -0.2) is 24.5 Å². The van der Waals surface area contributed by atoms with Gasteiger partial charge in [0.05, 0.1) is 0 Å². The fraction of sp³-hybridized carbons (Fsp3) is 1.00. The monoisotopic (exact) mass is 113 g/mol. The molecule has 1 heteroatoms. The van der Waals surface area contributed by atoms with E-state index in [1.807, 2.05) is 0 Å². The van der Waals surface area contributed by atoms with Crippen LogP contribution in [0.15, 0.2) is 0 Å². The van der Waals surface area contributed by atoms with Gasteiger partial charge in [-0.15, -0.1) is 0 Å². The van der Waals surface area contributed by atoms with Crippen molar-refractivity contribution in [3.05, 3.63) is 0 Å². The van der Waals surface area contributed by atoms with E-state index in [1.165, 1.54) is 13.0 Å². The van der Waals surface area contributed by atoms with Crippen LogP contribution in [0, 0.1) is 5.92 Å². The van der Waals surface area contributed by atoms with Crippen LogP contribution in [0.25, 0.3) is 0 Å². The highest BCUT2D eigenvalue weighted by molar-refractivity contribution is 4.76. The molecule has 0 unspecified atom stereocenters. The lowest BCUT2D eigenvalue weighted by Crippen LogP contribution is -2.21. The molecular formula is C7H15N. The third kappa shape index (κ3) is 1.03. The Kier molecular flexibility index (Phi) is 1.57. The second-order valence-electron chi connectivity index (χ2n) is 3.13. The van der Waals surface area contributed by atoms with Gasteiger partial charge >= 0.3 is 0 Å². The second kappa shape index (κ2) is 2.06. The van der Waals surface area contributed by atoms with Gasteiger partial charge in [0.2, 0.25) is 0 Å². The van der Waals surface area contributed by atoms with Crippen molar-refractivity contribution in [2.24, 2.45) is 5.92 Å². The summed E-state index contributed by atoms with van der Waals surface area (Å²) in [6.45, 7) is 5.91. The highest BCUT2D eigenvalue weighted by atomic mass is 15.1. The zero-order chi connectivity index (χ0) is 6.15. The molecule has 1 nitrogen and oxygen atoms in total. The van der Waals surface area contributed by atoms with Crippen LogP contribution in [0.2, 0.25) is 0 Å². The highest BCUT2D eigenvalue weighted by Gasteiger charge is 2.21. The molecule has 2 atom stereocenters. The minimum absolute atomic E-state index is 0.824. The topological polar surface area (TPSA) is 3.24 Å². The summed E-state index contributed by atoms with van der Waals surface area (Å²) in [7, 11) is 2.20. The van der Waals surface area contributed by atoms with Crippen molar-refractivity contribution < 1.29 is 0 Å². The van der Waals surface area contributed by atoms with Crippen molar-refractivity contribution in [1.82, 2.24) is 4.90 Å². The van der Waals surface area contributed by atoms with Crippen molar-refractivity contribution in [2.75, 3.05) is 13.6 Å². The Labute approximate surface area is 51.7 Å². The Balaban J connectivity index is 2.39. The predicted molar refractivity (Wildman–Crippen MR) is 35.9 cm³/mol. The Morgan fingerprint density at radius 2 is 2.00 bits per heavy atom. The van der Waals surface area contributed by atoms with Crippen LogP contribution < -0.4 is 0 Å². The van der Waals surface area contributed by atoms with Gasteiger partial charge in [-0.1, -0.05) is 6.92 Å². The van der Waals surface area contributed by atoms with Gasteiger partial charge in [0.25, 0.3) is 0 Å². The van der Waals surface area contributed by atoms with Crippen LogP contribution in [0.4, 0.5) is 0 Å². The number of likely N-dealkylation sites (tertiary alicyclic amines) is 1. The van der Waals surface area contributed by atoms with Crippen LogP contribution in [0.1, 0.15) is 20.3 Å². The molecule has 8 heavy (non-hydrogen) atoms. The lowest BCUT2D eigenvalue weighted by atomic mass is 10.1. The van der Waals surface area contributed by atoms with Gasteiger partial charge < -0.3 is 4.90 Å². The molecule has 1 fully saturated rings. The molecular weight excluding hydrogens is 98.1 g/mol. The average molecular weight is 113 g/mol. The smallest absolute Gasteiger partial charge is 0.00670 e. The largest absolute Gasteiger partial charge is 0.303 e. The molecule has 1 aliphatic heterocycles. The molecule has 1 rings (SSSR count). The minimum atomic E-state index is 0.824. The third-order valence-electron chi connectivity index (χ3n) is 2.10. The third-order valence-corrected chi connectivity index (χ3v) is 2.10. The summed E-state index contributed by atoms with van der Waals surface area (Å²) in [5, 5.41) is 0. The highest BCUT2D eigenvalue weighted by Crippen LogP contribution is 2.19. The van der Waals surface area contributed by atoms with E-state index in [0.29, 0.717) is 0 Å². The van der Waals surface area contributed by atoms with Crippen molar-refractivity contribution >= 4 is 0 Å². The molecule has 0 aromatic rings. The maximum absolute atomic E-state index is 2.42. The van der Waals surface area contributed by atoms with Gasteiger partial charge in [0.1, 0.15) is 0 Å². The van der Waals surface area contributed by atoms with Crippen molar-refractivity contribution in [3.8, 4) is 0 Å². The van der Waals surface area contributed by atoms with E-state index in [2.05, 4.69) is 25.8 Å². The summed E-state index contributed by atoms with van der Waals surface area (Å²) < 4.78 is 0. The normalized spacial score (nSPS) is 40.9. The zero-order valence-corrected chi connectivity index (χ0v) is 6.02. The summed E-state index contributed by atoms with van der Waals surface area (Å²) in [5.74, 6) is 0.926. The Bertz CT molecular complexity index is 70.5.